The first-order chi connectivity index (χ1) is 10.5. The summed E-state index contributed by atoms with van der Waals surface area (Å²) in [4.78, 5) is 2.29. The molecule has 1 aliphatic heterocycles. The Morgan fingerprint density at radius 1 is 1.27 bits per heavy atom. The van der Waals surface area contributed by atoms with Crippen LogP contribution < -0.4 is 4.72 Å². The maximum absolute atomic E-state index is 12.2. The van der Waals surface area contributed by atoms with E-state index in [-0.39, 0.29) is 11.4 Å². The number of morpholine rings is 1. The fourth-order valence-corrected chi connectivity index (χ4v) is 3.41. The molecule has 6 nitrogen and oxygen atoms in total. The summed E-state index contributed by atoms with van der Waals surface area (Å²) in [7, 11) is -3.57. The Hall–Kier alpha value is -0.990. The molecule has 0 aliphatic carbocycles. The maximum atomic E-state index is 12.2. The zero-order chi connectivity index (χ0) is 16.0. The van der Waals surface area contributed by atoms with Gasteiger partial charge in [-0.15, -0.1) is 0 Å². The van der Waals surface area contributed by atoms with Crippen LogP contribution in [0.25, 0.3) is 0 Å². The minimum Gasteiger partial charge on any atom is -0.390 e. The standard InChI is InChI=1S/C15H24N2O4S/c1-2-13-3-5-15(6-4-13)22(19,20)16-11-14(18)12-17-7-9-21-10-8-17/h3-6,14,16,18H,2,7-12H2,1H3. The highest BCUT2D eigenvalue weighted by Crippen LogP contribution is 2.11. The molecule has 1 saturated heterocycles. The van der Waals surface area contributed by atoms with E-state index in [0.717, 1.165) is 25.1 Å². The van der Waals surface area contributed by atoms with Crippen molar-refractivity contribution in [3.05, 3.63) is 29.8 Å². The van der Waals surface area contributed by atoms with Crippen LogP contribution in [0.5, 0.6) is 0 Å². The first-order valence-corrected chi connectivity index (χ1v) is 9.06. The summed E-state index contributed by atoms with van der Waals surface area (Å²) in [6.07, 6.45) is 0.134. The van der Waals surface area contributed by atoms with Gasteiger partial charge in [0.1, 0.15) is 0 Å². The van der Waals surface area contributed by atoms with Gasteiger partial charge in [-0.2, -0.15) is 0 Å². The molecule has 1 aromatic carbocycles. The van der Waals surface area contributed by atoms with E-state index in [1.54, 1.807) is 24.3 Å². The maximum Gasteiger partial charge on any atom is 0.240 e. The molecule has 0 aromatic heterocycles. The van der Waals surface area contributed by atoms with Crippen LogP contribution in [0.3, 0.4) is 0 Å². The van der Waals surface area contributed by atoms with Gasteiger partial charge in [0, 0.05) is 26.2 Å². The zero-order valence-corrected chi connectivity index (χ0v) is 13.7. The predicted octanol–water partition coefficient (Wildman–Crippen LogP) is 0.220. The summed E-state index contributed by atoms with van der Waals surface area (Å²) in [6, 6.07) is 6.79. The third-order valence-electron chi connectivity index (χ3n) is 3.72. The molecule has 7 heteroatoms. The van der Waals surface area contributed by atoms with Crippen molar-refractivity contribution in [3.63, 3.8) is 0 Å². The first kappa shape index (κ1) is 17.4. The number of aryl methyl sites for hydroxylation is 1. The number of nitrogens with zero attached hydrogens (tertiary/aromatic N) is 1. The number of benzene rings is 1. The van der Waals surface area contributed by atoms with Crippen molar-refractivity contribution in [1.82, 2.24) is 9.62 Å². The molecule has 22 heavy (non-hydrogen) atoms. The lowest BCUT2D eigenvalue weighted by Gasteiger charge is -2.28. The molecule has 1 atom stereocenters. The smallest absolute Gasteiger partial charge is 0.240 e. The van der Waals surface area contributed by atoms with Gasteiger partial charge in [-0.05, 0) is 24.1 Å². The minimum absolute atomic E-state index is 0.00915. The predicted molar refractivity (Wildman–Crippen MR) is 84.3 cm³/mol. The quantitative estimate of drug-likeness (QED) is 0.749. The van der Waals surface area contributed by atoms with E-state index < -0.39 is 16.1 Å². The molecule has 1 heterocycles. The number of hydrogen-bond acceptors (Lipinski definition) is 5. The number of ether oxygens (including phenoxy) is 1. The molecular formula is C15H24N2O4S. The van der Waals surface area contributed by atoms with Crippen LogP contribution in [-0.4, -0.2) is 63.9 Å². The Bertz CT molecular complexity index is 553. The number of rotatable bonds is 7. The van der Waals surface area contributed by atoms with Crippen molar-refractivity contribution < 1.29 is 18.3 Å². The second kappa shape index (κ2) is 8.03. The number of aliphatic hydroxyl groups excluding tert-OH is 1. The average Bonchev–Trinajstić information content (AvgIpc) is 2.54. The molecule has 1 fully saturated rings. The third kappa shape index (κ3) is 5.03. The van der Waals surface area contributed by atoms with Crippen molar-refractivity contribution in [1.29, 1.82) is 0 Å². The molecular weight excluding hydrogens is 304 g/mol. The van der Waals surface area contributed by atoms with E-state index in [0.29, 0.717) is 19.8 Å². The summed E-state index contributed by atoms with van der Waals surface area (Å²) in [6.45, 7) is 5.31. The van der Waals surface area contributed by atoms with E-state index >= 15 is 0 Å². The van der Waals surface area contributed by atoms with Gasteiger partial charge in [-0.25, -0.2) is 13.1 Å². The normalized spacial score (nSPS) is 18.3. The second-order valence-electron chi connectivity index (χ2n) is 5.42. The molecule has 1 aliphatic rings. The summed E-state index contributed by atoms with van der Waals surface area (Å²) in [5, 5.41) is 9.98. The number of nitrogens with one attached hydrogen (secondary N) is 1. The lowest BCUT2D eigenvalue weighted by molar-refractivity contribution is 0.0158. The Morgan fingerprint density at radius 2 is 1.91 bits per heavy atom. The van der Waals surface area contributed by atoms with Gasteiger partial charge in [0.2, 0.25) is 10.0 Å². The molecule has 2 N–H and O–H groups in total. The summed E-state index contributed by atoms with van der Waals surface area (Å²) < 4.78 is 32.0. The van der Waals surface area contributed by atoms with Gasteiger partial charge < -0.3 is 9.84 Å². The first-order valence-electron chi connectivity index (χ1n) is 7.58. The third-order valence-corrected chi connectivity index (χ3v) is 5.16. The highest BCUT2D eigenvalue weighted by molar-refractivity contribution is 7.89. The van der Waals surface area contributed by atoms with Crippen LogP contribution >= 0.6 is 0 Å². The monoisotopic (exact) mass is 328 g/mol. The second-order valence-corrected chi connectivity index (χ2v) is 7.18. The van der Waals surface area contributed by atoms with Crippen LogP contribution in [-0.2, 0) is 21.2 Å². The molecule has 0 saturated carbocycles. The topological polar surface area (TPSA) is 78.9 Å². The van der Waals surface area contributed by atoms with E-state index in [1.165, 1.54) is 0 Å². The Kier molecular flexibility index (Phi) is 6.34. The van der Waals surface area contributed by atoms with Crippen LogP contribution in [0, 0.1) is 0 Å². The van der Waals surface area contributed by atoms with Crippen molar-refractivity contribution in [2.24, 2.45) is 0 Å². The molecule has 124 valence electrons. The van der Waals surface area contributed by atoms with E-state index in [1.807, 2.05) is 6.92 Å². The fraction of sp³-hybridized carbons (Fsp3) is 0.600. The highest BCUT2D eigenvalue weighted by Gasteiger charge is 2.18. The molecule has 1 unspecified atom stereocenters. The van der Waals surface area contributed by atoms with Crippen molar-refractivity contribution in [2.45, 2.75) is 24.3 Å². The van der Waals surface area contributed by atoms with Crippen molar-refractivity contribution in [2.75, 3.05) is 39.4 Å². The van der Waals surface area contributed by atoms with Gasteiger partial charge in [0.25, 0.3) is 0 Å². The molecule has 0 radical (unpaired) electrons. The Balaban J connectivity index is 1.85. The van der Waals surface area contributed by atoms with Crippen LogP contribution in [0.1, 0.15) is 12.5 Å². The zero-order valence-electron chi connectivity index (χ0n) is 12.9. The lowest BCUT2D eigenvalue weighted by atomic mass is 10.2. The molecule has 0 spiro atoms. The summed E-state index contributed by atoms with van der Waals surface area (Å²) >= 11 is 0. The van der Waals surface area contributed by atoms with E-state index in [2.05, 4.69) is 9.62 Å². The van der Waals surface area contributed by atoms with E-state index in [4.69, 9.17) is 4.74 Å². The summed E-state index contributed by atoms with van der Waals surface area (Å²) in [5.74, 6) is 0. The molecule has 0 amide bonds. The van der Waals surface area contributed by atoms with Crippen molar-refractivity contribution in [3.8, 4) is 0 Å². The fourth-order valence-electron chi connectivity index (χ4n) is 2.34. The minimum atomic E-state index is -3.57. The molecule has 0 bridgehead atoms. The number of β-amino-alcohol motifs (C(OH)–C–C–N with tert-alkyl or cyclic N) is 1. The molecule has 2 rings (SSSR count). The van der Waals surface area contributed by atoms with Gasteiger partial charge in [0.15, 0.2) is 0 Å². The van der Waals surface area contributed by atoms with Crippen molar-refractivity contribution >= 4 is 10.0 Å². The Morgan fingerprint density at radius 3 is 2.50 bits per heavy atom. The SMILES string of the molecule is CCc1ccc(S(=O)(=O)NCC(O)CN2CCOCC2)cc1. The number of sulfonamides is 1. The van der Waals surface area contributed by atoms with Gasteiger partial charge in [0.05, 0.1) is 24.2 Å². The summed E-state index contributed by atoms with van der Waals surface area (Å²) in [5.41, 5.74) is 1.09. The van der Waals surface area contributed by atoms with Gasteiger partial charge in [-0.1, -0.05) is 19.1 Å². The van der Waals surface area contributed by atoms with Crippen LogP contribution in [0.15, 0.2) is 29.2 Å². The largest absolute Gasteiger partial charge is 0.390 e. The highest BCUT2D eigenvalue weighted by atomic mass is 32.2. The van der Waals surface area contributed by atoms with Gasteiger partial charge >= 0.3 is 0 Å². The lowest BCUT2D eigenvalue weighted by Crippen LogP contribution is -2.44. The van der Waals surface area contributed by atoms with E-state index in [9.17, 15) is 13.5 Å². The Labute approximate surface area is 132 Å². The van der Waals surface area contributed by atoms with Crippen LogP contribution in [0.2, 0.25) is 0 Å². The van der Waals surface area contributed by atoms with Gasteiger partial charge in [-0.3, -0.25) is 4.90 Å². The average molecular weight is 328 g/mol. The van der Waals surface area contributed by atoms with Crippen LogP contribution in [0.4, 0.5) is 0 Å². The molecule has 1 aromatic rings. The number of aliphatic hydroxyl groups is 1. The number of hydrogen-bond donors (Lipinski definition) is 2.